The van der Waals surface area contributed by atoms with E-state index in [0.717, 1.165) is 27.8 Å². The van der Waals surface area contributed by atoms with E-state index in [1.807, 2.05) is 55.5 Å². The Morgan fingerprint density at radius 3 is 2.48 bits per heavy atom. The minimum atomic E-state index is -0.446. The van der Waals surface area contributed by atoms with E-state index in [1.165, 1.54) is 0 Å². The average Bonchev–Trinajstić information content (AvgIpc) is 2.85. The molecule has 1 N–H and O–H groups in total. The molecule has 0 aliphatic carbocycles. The van der Waals surface area contributed by atoms with E-state index in [1.54, 1.807) is 12.1 Å². The van der Waals surface area contributed by atoms with Gasteiger partial charge in [0.25, 0.3) is 11.1 Å². The van der Waals surface area contributed by atoms with Gasteiger partial charge in [0, 0.05) is 5.69 Å². The van der Waals surface area contributed by atoms with Gasteiger partial charge in [0.1, 0.15) is 6.54 Å². The number of benzene rings is 2. The molecule has 0 spiro atoms. The molecule has 0 atom stereocenters. The van der Waals surface area contributed by atoms with Gasteiger partial charge in [-0.25, -0.2) is 0 Å². The van der Waals surface area contributed by atoms with Crippen molar-refractivity contribution in [3.63, 3.8) is 0 Å². The standard InChI is InChI=1S/C19H16N2O3S/c1-13-7-5-6-10-15(13)20-17(22)12-21-18(23)16(25-19(21)24)11-14-8-3-2-4-9-14/h2-11H,12H2,1H3,(H,20,22). The number of hydrogen-bond acceptors (Lipinski definition) is 4. The number of carbonyl (C=O) groups is 3. The molecule has 25 heavy (non-hydrogen) atoms. The molecular formula is C19H16N2O3S. The SMILES string of the molecule is Cc1ccccc1NC(=O)CN1C(=O)SC(=Cc2ccccc2)C1=O. The van der Waals surface area contributed by atoms with Crippen LogP contribution in [0.2, 0.25) is 0 Å². The minimum Gasteiger partial charge on any atom is -0.324 e. The second kappa shape index (κ2) is 7.36. The molecule has 1 saturated heterocycles. The van der Waals surface area contributed by atoms with Crippen LogP contribution in [0.15, 0.2) is 59.5 Å². The first-order chi connectivity index (χ1) is 12.0. The number of anilines is 1. The molecule has 0 aromatic heterocycles. The fraction of sp³-hybridized carbons (Fsp3) is 0.105. The highest BCUT2D eigenvalue weighted by atomic mass is 32.2. The highest BCUT2D eigenvalue weighted by Crippen LogP contribution is 2.32. The number of rotatable bonds is 4. The van der Waals surface area contributed by atoms with Crippen LogP contribution in [0.25, 0.3) is 6.08 Å². The predicted octanol–water partition coefficient (Wildman–Crippen LogP) is 3.67. The normalized spacial score (nSPS) is 15.7. The molecule has 1 heterocycles. The Hall–Kier alpha value is -2.86. The molecule has 0 radical (unpaired) electrons. The third-order valence-electron chi connectivity index (χ3n) is 3.69. The molecule has 0 bridgehead atoms. The van der Waals surface area contributed by atoms with E-state index >= 15 is 0 Å². The molecule has 3 rings (SSSR count). The number of thioether (sulfide) groups is 1. The van der Waals surface area contributed by atoms with Crippen molar-refractivity contribution in [3.8, 4) is 0 Å². The van der Waals surface area contributed by atoms with Crippen LogP contribution in [0.1, 0.15) is 11.1 Å². The summed E-state index contributed by atoms with van der Waals surface area (Å²) < 4.78 is 0. The van der Waals surface area contributed by atoms with Crippen LogP contribution in [0.3, 0.4) is 0 Å². The summed E-state index contributed by atoms with van der Waals surface area (Å²) in [5.74, 6) is -0.851. The molecule has 6 heteroatoms. The smallest absolute Gasteiger partial charge is 0.294 e. The van der Waals surface area contributed by atoms with Gasteiger partial charge in [-0.2, -0.15) is 0 Å². The molecule has 1 aliphatic heterocycles. The first-order valence-electron chi connectivity index (χ1n) is 7.70. The van der Waals surface area contributed by atoms with Gasteiger partial charge in [-0.3, -0.25) is 19.3 Å². The summed E-state index contributed by atoms with van der Waals surface area (Å²) in [6.07, 6.45) is 1.66. The Kier molecular flexibility index (Phi) is 5.00. The van der Waals surface area contributed by atoms with Gasteiger partial charge in [0.15, 0.2) is 0 Å². The fourth-order valence-electron chi connectivity index (χ4n) is 2.38. The first-order valence-corrected chi connectivity index (χ1v) is 8.52. The Morgan fingerprint density at radius 2 is 1.76 bits per heavy atom. The second-order valence-corrected chi connectivity index (χ2v) is 6.53. The number of hydrogen-bond donors (Lipinski definition) is 1. The van der Waals surface area contributed by atoms with Crippen LogP contribution in [0.4, 0.5) is 10.5 Å². The van der Waals surface area contributed by atoms with Crippen molar-refractivity contribution in [3.05, 3.63) is 70.6 Å². The summed E-state index contributed by atoms with van der Waals surface area (Å²) in [5, 5.41) is 2.29. The molecule has 2 aromatic carbocycles. The monoisotopic (exact) mass is 352 g/mol. The summed E-state index contributed by atoms with van der Waals surface area (Å²) in [4.78, 5) is 38.0. The van der Waals surface area contributed by atoms with Crippen molar-refractivity contribution in [2.75, 3.05) is 11.9 Å². The van der Waals surface area contributed by atoms with E-state index in [2.05, 4.69) is 5.32 Å². The van der Waals surface area contributed by atoms with Gasteiger partial charge in [-0.05, 0) is 42.0 Å². The first kappa shape index (κ1) is 17.0. The van der Waals surface area contributed by atoms with Crippen molar-refractivity contribution in [1.29, 1.82) is 0 Å². The van der Waals surface area contributed by atoms with Crippen molar-refractivity contribution in [2.45, 2.75) is 6.92 Å². The third-order valence-corrected chi connectivity index (χ3v) is 4.60. The van der Waals surface area contributed by atoms with Gasteiger partial charge < -0.3 is 5.32 Å². The largest absolute Gasteiger partial charge is 0.324 e. The number of carbonyl (C=O) groups excluding carboxylic acids is 3. The lowest BCUT2D eigenvalue weighted by Crippen LogP contribution is -2.36. The molecule has 0 saturated carbocycles. The van der Waals surface area contributed by atoms with Crippen molar-refractivity contribution in [1.82, 2.24) is 4.90 Å². The van der Waals surface area contributed by atoms with Crippen LogP contribution in [-0.4, -0.2) is 28.5 Å². The third kappa shape index (κ3) is 3.97. The number of nitrogens with one attached hydrogen (secondary N) is 1. The molecule has 2 aromatic rings. The quantitative estimate of drug-likeness (QED) is 0.853. The molecule has 3 amide bonds. The Balaban J connectivity index is 1.70. The zero-order valence-corrected chi connectivity index (χ0v) is 14.4. The van der Waals surface area contributed by atoms with Gasteiger partial charge in [0.05, 0.1) is 4.91 Å². The van der Waals surface area contributed by atoms with Gasteiger partial charge in [-0.15, -0.1) is 0 Å². The average molecular weight is 352 g/mol. The molecule has 1 aliphatic rings. The van der Waals surface area contributed by atoms with E-state index < -0.39 is 17.1 Å². The van der Waals surface area contributed by atoms with Crippen molar-refractivity contribution in [2.24, 2.45) is 0 Å². The number of para-hydroxylation sites is 1. The van der Waals surface area contributed by atoms with Crippen LogP contribution in [0.5, 0.6) is 0 Å². The van der Waals surface area contributed by atoms with E-state index in [0.29, 0.717) is 10.6 Å². The number of aryl methyl sites for hydroxylation is 1. The van der Waals surface area contributed by atoms with E-state index in [9.17, 15) is 14.4 Å². The Labute approximate surface area is 149 Å². The lowest BCUT2D eigenvalue weighted by atomic mass is 10.2. The van der Waals surface area contributed by atoms with E-state index in [4.69, 9.17) is 0 Å². The lowest BCUT2D eigenvalue weighted by molar-refractivity contribution is -0.127. The van der Waals surface area contributed by atoms with Gasteiger partial charge >= 0.3 is 0 Å². The zero-order chi connectivity index (χ0) is 17.8. The highest BCUT2D eigenvalue weighted by molar-refractivity contribution is 8.18. The van der Waals surface area contributed by atoms with Crippen LogP contribution < -0.4 is 5.32 Å². The topological polar surface area (TPSA) is 66.5 Å². The summed E-state index contributed by atoms with van der Waals surface area (Å²) in [6.45, 7) is 1.57. The maximum atomic E-state index is 12.4. The predicted molar refractivity (Wildman–Crippen MR) is 98.9 cm³/mol. The maximum Gasteiger partial charge on any atom is 0.294 e. The Bertz CT molecular complexity index is 862. The van der Waals surface area contributed by atoms with Crippen LogP contribution >= 0.6 is 11.8 Å². The van der Waals surface area contributed by atoms with E-state index in [-0.39, 0.29) is 6.54 Å². The van der Waals surface area contributed by atoms with Gasteiger partial charge in [-0.1, -0.05) is 48.5 Å². The van der Waals surface area contributed by atoms with Crippen LogP contribution in [-0.2, 0) is 9.59 Å². The van der Waals surface area contributed by atoms with Gasteiger partial charge in [0.2, 0.25) is 5.91 Å². The second-order valence-electron chi connectivity index (χ2n) is 5.54. The number of amides is 3. The molecule has 5 nitrogen and oxygen atoms in total. The number of nitrogens with zero attached hydrogens (tertiary/aromatic N) is 1. The van der Waals surface area contributed by atoms with Crippen molar-refractivity contribution < 1.29 is 14.4 Å². The fourth-order valence-corrected chi connectivity index (χ4v) is 3.22. The van der Waals surface area contributed by atoms with Crippen molar-refractivity contribution >= 4 is 40.6 Å². The highest BCUT2D eigenvalue weighted by Gasteiger charge is 2.36. The molecule has 126 valence electrons. The molecule has 0 unspecified atom stereocenters. The summed E-state index contributed by atoms with van der Waals surface area (Å²) in [6, 6.07) is 16.6. The minimum absolute atomic E-state index is 0.300. The Morgan fingerprint density at radius 1 is 1.08 bits per heavy atom. The number of imide groups is 1. The zero-order valence-electron chi connectivity index (χ0n) is 13.6. The molecule has 1 fully saturated rings. The lowest BCUT2D eigenvalue weighted by Gasteiger charge is -2.13. The summed E-state index contributed by atoms with van der Waals surface area (Å²) in [5.41, 5.74) is 2.41. The molecular weight excluding hydrogens is 336 g/mol. The summed E-state index contributed by atoms with van der Waals surface area (Å²) >= 11 is 0.847. The maximum absolute atomic E-state index is 12.4. The summed E-state index contributed by atoms with van der Waals surface area (Å²) in [7, 11) is 0. The van der Waals surface area contributed by atoms with Crippen LogP contribution in [0, 0.1) is 6.92 Å².